The van der Waals surface area contributed by atoms with Gasteiger partial charge in [-0.3, -0.25) is 4.98 Å². The van der Waals surface area contributed by atoms with Gasteiger partial charge in [-0.05, 0) is 31.4 Å². The molecular weight excluding hydrogens is 399 g/mol. The van der Waals surface area contributed by atoms with Gasteiger partial charge in [-0.1, -0.05) is 37.1 Å². The predicted molar refractivity (Wildman–Crippen MR) is 107 cm³/mol. The topological polar surface area (TPSA) is 49.3 Å². The lowest BCUT2D eigenvalue weighted by Crippen LogP contribution is -2.42. The molecular formula is C18H25IN4. The van der Waals surface area contributed by atoms with Crippen LogP contribution in [0.5, 0.6) is 0 Å². The molecule has 1 aliphatic rings. The number of benzene rings is 1. The Kier molecular flexibility index (Phi) is 7.08. The Hall–Kier alpha value is -1.37. The molecule has 1 aromatic carbocycles. The Morgan fingerprint density at radius 3 is 2.78 bits per heavy atom. The fourth-order valence-electron chi connectivity index (χ4n) is 3.04. The van der Waals surface area contributed by atoms with Gasteiger partial charge in [0.05, 0.1) is 12.1 Å². The Morgan fingerprint density at radius 2 is 2.00 bits per heavy atom. The zero-order valence-corrected chi connectivity index (χ0v) is 15.9. The van der Waals surface area contributed by atoms with Crippen LogP contribution in [0, 0.1) is 0 Å². The number of hydrogen-bond donors (Lipinski definition) is 2. The van der Waals surface area contributed by atoms with Crippen molar-refractivity contribution in [2.24, 2.45) is 4.99 Å². The molecule has 0 amide bonds. The van der Waals surface area contributed by atoms with E-state index in [-0.39, 0.29) is 24.0 Å². The highest BCUT2D eigenvalue weighted by atomic mass is 127. The summed E-state index contributed by atoms with van der Waals surface area (Å²) in [5.41, 5.74) is 2.21. The van der Waals surface area contributed by atoms with Crippen molar-refractivity contribution < 1.29 is 0 Å². The molecule has 0 radical (unpaired) electrons. The van der Waals surface area contributed by atoms with Crippen LogP contribution in [0.3, 0.4) is 0 Å². The third-order valence-electron chi connectivity index (χ3n) is 4.16. The molecule has 124 valence electrons. The quantitative estimate of drug-likeness (QED) is 0.446. The monoisotopic (exact) mass is 424 g/mol. The smallest absolute Gasteiger partial charge is 0.191 e. The molecule has 1 aromatic heterocycles. The number of rotatable bonds is 4. The van der Waals surface area contributed by atoms with Crippen LogP contribution in [0.2, 0.25) is 0 Å². The zero-order valence-electron chi connectivity index (χ0n) is 13.6. The molecule has 0 unspecified atom stereocenters. The molecule has 0 aliphatic heterocycles. The number of guanidine groups is 1. The van der Waals surface area contributed by atoms with E-state index in [1.165, 1.54) is 36.6 Å². The summed E-state index contributed by atoms with van der Waals surface area (Å²) in [6, 6.07) is 10.9. The molecule has 4 nitrogen and oxygen atoms in total. The number of fused-ring (bicyclic) bond motifs is 1. The van der Waals surface area contributed by atoms with E-state index >= 15 is 0 Å². The van der Waals surface area contributed by atoms with Crippen LogP contribution in [-0.4, -0.2) is 23.5 Å². The molecule has 0 bridgehead atoms. The average Bonchev–Trinajstić information content (AvgIpc) is 3.06. The minimum absolute atomic E-state index is 0. The predicted octanol–water partition coefficient (Wildman–Crippen LogP) is 3.85. The van der Waals surface area contributed by atoms with Crippen molar-refractivity contribution >= 4 is 40.8 Å². The van der Waals surface area contributed by atoms with Gasteiger partial charge in [0.25, 0.3) is 0 Å². The summed E-state index contributed by atoms with van der Waals surface area (Å²) >= 11 is 0. The number of nitrogens with one attached hydrogen (secondary N) is 2. The minimum Gasteiger partial charge on any atom is -0.357 e. The van der Waals surface area contributed by atoms with E-state index in [2.05, 4.69) is 46.8 Å². The molecule has 23 heavy (non-hydrogen) atoms. The number of para-hydroxylation sites is 1. The molecule has 3 rings (SSSR count). The Labute approximate surface area is 155 Å². The largest absolute Gasteiger partial charge is 0.357 e. The summed E-state index contributed by atoms with van der Waals surface area (Å²) in [7, 11) is 0. The maximum atomic E-state index is 4.75. The van der Waals surface area contributed by atoms with Crippen molar-refractivity contribution in [1.29, 1.82) is 0 Å². The summed E-state index contributed by atoms with van der Waals surface area (Å²) < 4.78 is 0. The van der Waals surface area contributed by atoms with Gasteiger partial charge in [-0.2, -0.15) is 0 Å². The highest BCUT2D eigenvalue weighted by molar-refractivity contribution is 14.0. The first-order chi connectivity index (χ1) is 10.9. The van der Waals surface area contributed by atoms with Crippen LogP contribution in [0.1, 0.15) is 38.2 Å². The molecule has 1 fully saturated rings. The van der Waals surface area contributed by atoms with E-state index in [0.717, 1.165) is 18.0 Å². The normalized spacial score (nSPS) is 15.4. The van der Waals surface area contributed by atoms with Gasteiger partial charge in [-0.25, -0.2) is 4.99 Å². The molecule has 1 aliphatic carbocycles. The maximum Gasteiger partial charge on any atom is 0.191 e. The highest BCUT2D eigenvalue weighted by Crippen LogP contribution is 2.18. The van der Waals surface area contributed by atoms with E-state index in [9.17, 15) is 0 Å². The van der Waals surface area contributed by atoms with Crippen LogP contribution in [-0.2, 0) is 6.54 Å². The lowest BCUT2D eigenvalue weighted by molar-refractivity contribution is 0.614. The molecule has 5 heteroatoms. The molecule has 0 atom stereocenters. The van der Waals surface area contributed by atoms with Crippen LogP contribution < -0.4 is 10.6 Å². The fourth-order valence-corrected chi connectivity index (χ4v) is 3.04. The number of halogens is 1. The first-order valence-electron chi connectivity index (χ1n) is 8.24. The molecule has 2 aromatic rings. The van der Waals surface area contributed by atoms with Crippen molar-refractivity contribution in [3.8, 4) is 0 Å². The Morgan fingerprint density at radius 1 is 1.22 bits per heavy atom. The highest BCUT2D eigenvalue weighted by Gasteiger charge is 2.15. The number of aromatic nitrogens is 1. The van der Waals surface area contributed by atoms with Crippen LogP contribution in [0.25, 0.3) is 10.9 Å². The van der Waals surface area contributed by atoms with Gasteiger partial charge >= 0.3 is 0 Å². The second-order valence-electron chi connectivity index (χ2n) is 5.81. The molecule has 2 N–H and O–H groups in total. The number of pyridine rings is 1. The van der Waals surface area contributed by atoms with Crippen molar-refractivity contribution in [1.82, 2.24) is 15.6 Å². The molecule has 1 heterocycles. The first kappa shape index (κ1) is 18.0. The molecule has 0 saturated heterocycles. The van der Waals surface area contributed by atoms with Gasteiger partial charge in [0.2, 0.25) is 0 Å². The van der Waals surface area contributed by atoms with Gasteiger partial charge < -0.3 is 10.6 Å². The summed E-state index contributed by atoms with van der Waals surface area (Å²) in [5, 5.41) is 8.07. The van der Waals surface area contributed by atoms with Crippen molar-refractivity contribution in [2.75, 3.05) is 6.54 Å². The number of hydrogen-bond acceptors (Lipinski definition) is 2. The summed E-state index contributed by atoms with van der Waals surface area (Å²) in [6.45, 7) is 3.63. The van der Waals surface area contributed by atoms with E-state index < -0.39 is 0 Å². The van der Waals surface area contributed by atoms with Crippen molar-refractivity contribution in [3.63, 3.8) is 0 Å². The third kappa shape index (κ3) is 4.80. The maximum absolute atomic E-state index is 4.75. The van der Waals surface area contributed by atoms with Gasteiger partial charge in [0.1, 0.15) is 0 Å². The SMILES string of the molecule is CCNC(=NCc1cccc2cccnc12)NC1CCCC1.I. The van der Waals surface area contributed by atoms with Gasteiger partial charge in [0, 0.05) is 24.2 Å². The Bertz CT molecular complexity index is 645. The zero-order chi connectivity index (χ0) is 15.2. The lowest BCUT2D eigenvalue weighted by atomic mass is 10.1. The lowest BCUT2D eigenvalue weighted by Gasteiger charge is -2.16. The second-order valence-corrected chi connectivity index (χ2v) is 5.81. The summed E-state index contributed by atoms with van der Waals surface area (Å²) in [5.74, 6) is 0.919. The van der Waals surface area contributed by atoms with E-state index in [1.54, 1.807) is 0 Å². The van der Waals surface area contributed by atoms with Crippen LogP contribution in [0.15, 0.2) is 41.5 Å². The second kappa shape index (κ2) is 9.05. The number of nitrogens with zero attached hydrogens (tertiary/aromatic N) is 2. The molecule has 1 saturated carbocycles. The number of aliphatic imine (C=N–C) groups is 1. The standard InChI is InChI=1S/C18H24N4.HI/c1-2-19-18(22-16-10-3-4-11-16)21-13-15-8-5-7-14-9-6-12-20-17(14)15;/h5-9,12,16H,2-4,10-11,13H2,1H3,(H2,19,21,22);1H. The fraction of sp³-hybridized carbons (Fsp3) is 0.444. The summed E-state index contributed by atoms with van der Waals surface area (Å²) in [4.78, 5) is 9.25. The van der Waals surface area contributed by atoms with E-state index in [4.69, 9.17) is 4.99 Å². The first-order valence-corrected chi connectivity index (χ1v) is 8.24. The van der Waals surface area contributed by atoms with Crippen LogP contribution in [0.4, 0.5) is 0 Å². The average molecular weight is 424 g/mol. The van der Waals surface area contributed by atoms with Gasteiger partial charge in [0.15, 0.2) is 5.96 Å². The Balaban J connectivity index is 0.00000192. The van der Waals surface area contributed by atoms with E-state index in [0.29, 0.717) is 12.6 Å². The minimum atomic E-state index is 0. The van der Waals surface area contributed by atoms with Crippen LogP contribution >= 0.6 is 24.0 Å². The van der Waals surface area contributed by atoms with Crippen molar-refractivity contribution in [2.45, 2.75) is 45.2 Å². The van der Waals surface area contributed by atoms with Gasteiger partial charge in [-0.15, -0.1) is 24.0 Å². The summed E-state index contributed by atoms with van der Waals surface area (Å²) in [6.07, 6.45) is 6.99. The molecule has 0 spiro atoms. The third-order valence-corrected chi connectivity index (χ3v) is 4.16. The van der Waals surface area contributed by atoms with E-state index in [1.807, 2.05) is 12.3 Å². The van der Waals surface area contributed by atoms with Crippen molar-refractivity contribution in [3.05, 3.63) is 42.1 Å².